The Kier molecular flexibility index (Phi) is 8.50. The molecule has 1 heterocycles. The molecule has 0 aliphatic carbocycles. The normalized spacial score (nSPS) is 15.4. The molecule has 2 aromatic rings. The van der Waals surface area contributed by atoms with Gasteiger partial charge in [-0.3, -0.25) is 9.69 Å². The van der Waals surface area contributed by atoms with Gasteiger partial charge in [0.05, 0.1) is 33.4 Å². The smallest absolute Gasteiger partial charge is 0.227 e. The van der Waals surface area contributed by atoms with Crippen LogP contribution in [-0.4, -0.2) is 69.3 Å². The van der Waals surface area contributed by atoms with Crippen molar-refractivity contribution in [3.05, 3.63) is 72.3 Å². The van der Waals surface area contributed by atoms with Crippen LogP contribution in [0.2, 0.25) is 0 Å². The van der Waals surface area contributed by atoms with Crippen LogP contribution in [0.15, 0.2) is 61.2 Å². The van der Waals surface area contributed by atoms with Crippen molar-refractivity contribution in [1.29, 1.82) is 0 Å². The maximum Gasteiger partial charge on any atom is 0.227 e. The third-order valence-electron chi connectivity index (χ3n) is 5.52. The number of piperazine rings is 1. The SMILES string of the molecule is C=CCO[C@H](CN1CCN(C(=O)Cc2cccc(OC)c2)CC1)c1cccc(OC)c1. The highest BCUT2D eigenvalue weighted by molar-refractivity contribution is 5.79. The van der Waals surface area contributed by atoms with E-state index in [4.69, 9.17) is 14.2 Å². The number of hydrogen-bond acceptors (Lipinski definition) is 5. The molecule has 3 rings (SSSR count). The molecule has 1 saturated heterocycles. The van der Waals surface area contributed by atoms with Gasteiger partial charge in [0.2, 0.25) is 5.91 Å². The molecule has 31 heavy (non-hydrogen) atoms. The average molecular weight is 425 g/mol. The van der Waals surface area contributed by atoms with E-state index in [1.807, 2.05) is 47.4 Å². The van der Waals surface area contributed by atoms with Gasteiger partial charge >= 0.3 is 0 Å². The van der Waals surface area contributed by atoms with Gasteiger partial charge in [-0.05, 0) is 35.4 Å². The predicted molar refractivity (Wildman–Crippen MR) is 122 cm³/mol. The van der Waals surface area contributed by atoms with Crippen LogP contribution < -0.4 is 9.47 Å². The van der Waals surface area contributed by atoms with Crippen molar-refractivity contribution in [2.24, 2.45) is 0 Å². The van der Waals surface area contributed by atoms with Crippen molar-refractivity contribution in [2.75, 3.05) is 53.6 Å². The van der Waals surface area contributed by atoms with Crippen molar-refractivity contribution in [3.63, 3.8) is 0 Å². The molecular formula is C25H32N2O4. The quantitative estimate of drug-likeness (QED) is 0.548. The van der Waals surface area contributed by atoms with Crippen LogP contribution in [0.5, 0.6) is 11.5 Å². The summed E-state index contributed by atoms with van der Waals surface area (Å²) in [5.41, 5.74) is 2.06. The summed E-state index contributed by atoms with van der Waals surface area (Å²) in [6.07, 6.45) is 2.08. The highest BCUT2D eigenvalue weighted by atomic mass is 16.5. The molecule has 0 saturated carbocycles. The van der Waals surface area contributed by atoms with Crippen LogP contribution >= 0.6 is 0 Å². The van der Waals surface area contributed by atoms with E-state index >= 15 is 0 Å². The number of carbonyl (C=O) groups excluding carboxylic acids is 1. The van der Waals surface area contributed by atoms with Crippen LogP contribution in [0, 0.1) is 0 Å². The molecule has 1 fully saturated rings. The third-order valence-corrected chi connectivity index (χ3v) is 5.52. The summed E-state index contributed by atoms with van der Waals surface area (Å²) in [7, 11) is 3.30. The summed E-state index contributed by atoms with van der Waals surface area (Å²) in [6.45, 7) is 8.09. The second-order valence-corrected chi connectivity index (χ2v) is 7.60. The zero-order chi connectivity index (χ0) is 22.1. The van der Waals surface area contributed by atoms with Crippen LogP contribution in [-0.2, 0) is 16.0 Å². The highest BCUT2D eigenvalue weighted by Gasteiger charge is 2.24. The Balaban J connectivity index is 1.55. The molecule has 2 aromatic carbocycles. The van der Waals surface area contributed by atoms with Gasteiger partial charge in [-0.2, -0.15) is 0 Å². The molecule has 0 radical (unpaired) electrons. The van der Waals surface area contributed by atoms with Gasteiger partial charge in [0.15, 0.2) is 0 Å². The zero-order valence-electron chi connectivity index (χ0n) is 18.5. The lowest BCUT2D eigenvalue weighted by atomic mass is 10.1. The Morgan fingerprint density at radius 2 is 1.71 bits per heavy atom. The van der Waals surface area contributed by atoms with Gasteiger partial charge in [-0.15, -0.1) is 6.58 Å². The Morgan fingerprint density at radius 1 is 1.03 bits per heavy atom. The standard InChI is InChI=1S/C25H32N2O4/c1-4-15-31-24(21-8-6-10-23(18-21)30-3)19-26-11-13-27(14-12-26)25(28)17-20-7-5-9-22(16-20)29-2/h4-10,16,18,24H,1,11-15,17,19H2,2-3H3/t24-/m1/s1. The second-order valence-electron chi connectivity index (χ2n) is 7.60. The number of carbonyl (C=O) groups is 1. The minimum absolute atomic E-state index is 0.0767. The minimum atomic E-state index is -0.0767. The van der Waals surface area contributed by atoms with E-state index < -0.39 is 0 Å². The van der Waals surface area contributed by atoms with E-state index in [0.29, 0.717) is 13.0 Å². The van der Waals surface area contributed by atoms with Crippen molar-refractivity contribution < 1.29 is 19.0 Å². The fraction of sp³-hybridized carbons (Fsp3) is 0.400. The molecule has 0 N–H and O–H groups in total. The van der Waals surface area contributed by atoms with Gasteiger partial charge in [-0.1, -0.05) is 30.3 Å². The molecule has 1 aliphatic heterocycles. The lowest BCUT2D eigenvalue weighted by Crippen LogP contribution is -2.50. The Labute approximate surface area is 185 Å². The first-order chi connectivity index (χ1) is 15.1. The summed E-state index contributed by atoms with van der Waals surface area (Å²) in [5, 5.41) is 0. The number of benzene rings is 2. The predicted octanol–water partition coefficient (Wildman–Crippen LogP) is 3.33. The molecule has 6 heteroatoms. The molecule has 0 bridgehead atoms. The maximum atomic E-state index is 12.7. The minimum Gasteiger partial charge on any atom is -0.497 e. The zero-order valence-corrected chi connectivity index (χ0v) is 18.5. The Bertz CT molecular complexity index is 862. The van der Waals surface area contributed by atoms with Gasteiger partial charge in [0, 0.05) is 32.7 Å². The third kappa shape index (κ3) is 6.57. The molecule has 1 atom stereocenters. The molecule has 1 aliphatic rings. The second kappa shape index (κ2) is 11.5. The van der Waals surface area contributed by atoms with Crippen LogP contribution in [0.25, 0.3) is 0 Å². The molecular weight excluding hydrogens is 392 g/mol. The largest absolute Gasteiger partial charge is 0.497 e. The van der Waals surface area contributed by atoms with Crippen molar-refractivity contribution >= 4 is 5.91 Å². The maximum absolute atomic E-state index is 12.7. The summed E-state index contributed by atoms with van der Waals surface area (Å²) in [4.78, 5) is 17.0. The number of hydrogen-bond donors (Lipinski definition) is 0. The van der Waals surface area contributed by atoms with E-state index in [-0.39, 0.29) is 12.0 Å². The monoisotopic (exact) mass is 424 g/mol. The van der Waals surface area contributed by atoms with Gasteiger partial charge in [-0.25, -0.2) is 0 Å². The van der Waals surface area contributed by atoms with E-state index in [1.165, 1.54) is 0 Å². The van der Waals surface area contributed by atoms with Crippen LogP contribution in [0.1, 0.15) is 17.2 Å². The molecule has 6 nitrogen and oxygen atoms in total. The van der Waals surface area contributed by atoms with E-state index in [1.54, 1.807) is 20.3 Å². The van der Waals surface area contributed by atoms with Gasteiger partial charge < -0.3 is 19.1 Å². The average Bonchev–Trinajstić information content (AvgIpc) is 2.82. The molecule has 0 spiro atoms. The van der Waals surface area contributed by atoms with E-state index in [9.17, 15) is 4.79 Å². The topological polar surface area (TPSA) is 51.2 Å². The number of amides is 1. The van der Waals surface area contributed by atoms with Crippen molar-refractivity contribution in [2.45, 2.75) is 12.5 Å². The van der Waals surface area contributed by atoms with E-state index in [0.717, 1.165) is 55.3 Å². The lowest BCUT2D eigenvalue weighted by Gasteiger charge is -2.36. The van der Waals surface area contributed by atoms with Crippen LogP contribution in [0.3, 0.4) is 0 Å². The summed E-state index contributed by atoms with van der Waals surface area (Å²) < 4.78 is 16.7. The lowest BCUT2D eigenvalue weighted by molar-refractivity contribution is -0.132. The first-order valence-corrected chi connectivity index (χ1v) is 10.6. The van der Waals surface area contributed by atoms with Crippen molar-refractivity contribution in [3.8, 4) is 11.5 Å². The molecule has 0 aromatic heterocycles. The van der Waals surface area contributed by atoms with Crippen molar-refractivity contribution in [1.82, 2.24) is 9.80 Å². The number of nitrogens with zero attached hydrogens (tertiary/aromatic N) is 2. The Morgan fingerprint density at radius 3 is 2.39 bits per heavy atom. The molecule has 0 unspecified atom stereocenters. The number of ether oxygens (including phenoxy) is 3. The van der Waals surface area contributed by atoms with Gasteiger partial charge in [0.1, 0.15) is 11.5 Å². The summed E-state index contributed by atoms with van der Waals surface area (Å²) >= 11 is 0. The Hall–Kier alpha value is -2.83. The number of methoxy groups -OCH3 is 2. The number of rotatable bonds is 10. The first kappa shape index (κ1) is 22.8. The fourth-order valence-corrected chi connectivity index (χ4v) is 3.76. The first-order valence-electron chi connectivity index (χ1n) is 10.6. The summed E-state index contributed by atoms with van der Waals surface area (Å²) in [5.74, 6) is 1.75. The fourth-order valence-electron chi connectivity index (χ4n) is 3.76. The molecule has 1 amide bonds. The van der Waals surface area contributed by atoms with E-state index in [2.05, 4.69) is 17.5 Å². The highest BCUT2D eigenvalue weighted by Crippen LogP contribution is 2.24. The van der Waals surface area contributed by atoms with Gasteiger partial charge in [0.25, 0.3) is 0 Å². The molecule has 166 valence electrons. The summed E-state index contributed by atoms with van der Waals surface area (Å²) in [6, 6.07) is 15.7. The van der Waals surface area contributed by atoms with Crippen LogP contribution in [0.4, 0.5) is 0 Å².